The molecule has 35 heavy (non-hydrogen) atoms. The van der Waals surface area contributed by atoms with Crippen molar-refractivity contribution >= 4 is 11.6 Å². The smallest absolute Gasteiger partial charge is 0.129 e. The fraction of sp³-hybridized carbons (Fsp3) is 0.438. The van der Waals surface area contributed by atoms with Crippen LogP contribution >= 0.6 is 11.6 Å². The molecule has 1 aliphatic carbocycles. The largest absolute Gasteiger partial charge is 0.207 e. The Hall–Kier alpha value is -2.19. The molecule has 0 N–H and O–H groups in total. The van der Waals surface area contributed by atoms with E-state index in [1.807, 2.05) is 24.3 Å². The summed E-state index contributed by atoms with van der Waals surface area (Å²) in [5, 5.41) is 0.668. The van der Waals surface area contributed by atoms with Crippen LogP contribution in [0.4, 0.5) is 8.78 Å². The first-order chi connectivity index (χ1) is 17.0. The number of hydrogen-bond acceptors (Lipinski definition) is 0. The van der Waals surface area contributed by atoms with Crippen molar-refractivity contribution in [1.82, 2.24) is 0 Å². The molecule has 0 aliphatic heterocycles. The maximum absolute atomic E-state index is 14.7. The zero-order valence-electron chi connectivity index (χ0n) is 20.8. The van der Waals surface area contributed by atoms with Gasteiger partial charge in [0.25, 0.3) is 0 Å². The van der Waals surface area contributed by atoms with Gasteiger partial charge in [-0.3, -0.25) is 0 Å². The van der Waals surface area contributed by atoms with Crippen LogP contribution < -0.4 is 0 Å². The highest BCUT2D eigenvalue weighted by atomic mass is 35.5. The molecule has 0 nitrogen and oxygen atoms in total. The Balaban J connectivity index is 1.20. The summed E-state index contributed by atoms with van der Waals surface area (Å²) in [5.41, 5.74) is 4.86. The second-order valence-corrected chi connectivity index (χ2v) is 10.7. The van der Waals surface area contributed by atoms with Crippen molar-refractivity contribution in [2.75, 3.05) is 0 Å². The lowest BCUT2D eigenvalue weighted by atomic mass is 9.77. The zero-order chi connectivity index (χ0) is 24.6. The van der Waals surface area contributed by atoms with Crippen molar-refractivity contribution < 1.29 is 8.78 Å². The molecule has 0 radical (unpaired) electrons. The van der Waals surface area contributed by atoms with Crippen LogP contribution in [0.5, 0.6) is 0 Å². The van der Waals surface area contributed by atoms with Gasteiger partial charge in [0.15, 0.2) is 0 Å². The number of rotatable bonds is 10. The van der Waals surface area contributed by atoms with Gasteiger partial charge in [-0.15, -0.1) is 0 Å². The van der Waals surface area contributed by atoms with Gasteiger partial charge in [0, 0.05) is 10.6 Å². The van der Waals surface area contributed by atoms with Crippen molar-refractivity contribution in [3.8, 4) is 0 Å². The van der Waals surface area contributed by atoms with Gasteiger partial charge in [-0.2, -0.15) is 0 Å². The van der Waals surface area contributed by atoms with Crippen molar-refractivity contribution in [2.24, 2.45) is 11.8 Å². The lowest BCUT2D eigenvalue weighted by Crippen LogP contribution is -2.16. The number of halogens is 3. The molecule has 0 bridgehead atoms. The molecule has 0 unspecified atom stereocenters. The molecule has 1 aliphatic rings. The second kappa shape index (κ2) is 12.7. The van der Waals surface area contributed by atoms with E-state index in [0.29, 0.717) is 23.8 Å². The third-order valence-electron chi connectivity index (χ3n) is 7.86. The molecule has 3 aromatic rings. The minimum atomic E-state index is -0.412. The van der Waals surface area contributed by atoms with E-state index >= 15 is 0 Å². The molecule has 0 atom stereocenters. The Bertz CT molecular complexity index is 1040. The quantitative estimate of drug-likeness (QED) is 0.263. The average Bonchev–Trinajstić information content (AvgIpc) is 2.87. The standard InChI is InChI=1S/C32H37ClF2/c1-2-23-3-5-24(6-4-23)7-8-25-9-11-26(12-10-25)13-14-28-21-31(34)30(32(35)22-28)20-17-27-15-18-29(33)19-16-27/h3-6,15-16,18-19,21-22,25-26H,2,7-14,17,20H2,1H3. The van der Waals surface area contributed by atoms with Gasteiger partial charge in [0.2, 0.25) is 0 Å². The van der Waals surface area contributed by atoms with Crippen LogP contribution in [0.1, 0.15) is 73.3 Å². The Morgan fingerprint density at radius 1 is 0.629 bits per heavy atom. The molecule has 4 rings (SSSR count). The SMILES string of the molecule is CCc1ccc(CCC2CCC(CCc3cc(F)c(CCc4ccc(Cl)cc4)c(F)c3)CC2)cc1. The second-order valence-electron chi connectivity index (χ2n) is 10.3. The van der Waals surface area contributed by atoms with E-state index in [2.05, 4.69) is 31.2 Å². The summed E-state index contributed by atoms with van der Waals surface area (Å²) >= 11 is 5.92. The molecular weight excluding hydrogens is 458 g/mol. The van der Waals surface area contributed by atoms with E-state index in [-0.39, 0.29) is 5.56 Å². The molecule has 1 fully saturated rings. The van der Waals surface area contributed by atoms with Crippen molar-refractivity contribution in [2.45, 2.75) is 77.6 Å². The van der Waals surface area contributed by atoms with Gasteiger partial charge < -0.3 is 0 Å². The summed E-state index contributed by atoms with van der Waals surface area (Å²) < 4.78 is 29.4. The minimum absolute atomic E-state index is 0.188. The van der Waals surface area contributed by atoms with Crippen LogP contribution in [-0.4, -0.2) is 0 Å². The number of aryl methyl sites for hydroxylation is 4. The number of hydrogen-bond donors (Lipinski definition) is 0. The maximum atomic E-state index is 14.7. The Kier molecular flexibility index (Phi) is 9.38. The molecule has 0 heterocycles. The highest BCUT2D eigenvalue weighted by Gasteiger charge is 2.21. The van der Waals surface area contributed by atoms with E-state index in [0.717, 1.165) is 36.3 Å². The van der Waals surface area contributed by atoms with Gasteiger partial charge in [0.05, 0.1) is 0 Å². The summed E-state index contributed by atoms with van der Waals surface area (Å²) in [6, 6.07) is 19.6. The first-order valence-corrected chi connectivity index (χ1v) is 13.7. The Morgan fingerprint density at radius 2 is 1.09 bits per heavy atom. The first kappa shape index (κ1) is 25.9. The Morgan fingerprint density at radius 3 is 1.63 bits per heavy atom. The average molecular weight is 495 g/mol. The van der Waals surface area contributed by atoms with Crippen LogP contribution in [-0.2, 0) is 32.1 Å². The summed E-state index contributed by atoms with van der Waals surface area (Å²) in [6.45, 7) is 2.19. The molecule has 3 aromatic carbocycles. The van der Waals surface area contributed by atoms with Crippen LogP contribution in [0.25, 0.3) is 0 Å². The number of benzene rings is 3. The van der Waals surface area contributed by atoms with Crippen molar-refractivity contribution in [3.63, 3.8) is 0 Å². The van der Waals surface area contributed by atoms with E-state index in [1.165, 1.54) is 49.7 Å². The zero-order valence-corrected chi connectivity index (χ0v) is 21.6. The van der Waals surface area contributed by atoms with E-state index in [9.17, 15) is 8.78 Å². The molecule has 0 amide bonds. The molecule has 0 spiro atoms. The van der Waals surface area contributed by atoms with Gasteiger partial charge in [-0.05, 0) is 103 Å². The maximum Gasteiger partial charge on any atom is 0.129 e. The van der Waals surface area contributed by atoms with Crippen molar-refractivity contribution in [1.29, 1.82) is 0 Å². The lowest BCUT2D eigenvalue weighted by Gasteiger charge is -2.28. The molecule has 186 valence electrons. The van der Waals surface area contributed by atoms with Gasteiger partial charge in [-0.25, -0.2) is 8.78 Å². The predicted octanol–water partition coefficient (Wildman–Crippen LogP) is 9.34. The van der Waals surface area contributed by atoms with E-state index < -0.39 is 11.6 Å². The van der Waals surface area contributed by atoms with Crippen LogP contribution in [0.15, 0.2) is 60.7 Å². The fourth-order valence-corrected chi connectivity index (χ4v) is 5.58. The van der Waals surface area contributed by atoms with E-state index in [1.54, 1.807) is 12.1 Å². The minimum Gasteiger partial charge on any atom is -0.207 e. The first-order valence-electron chi connectivity index (χ1n) is 13.3. The third-order valence-corrected chi connectivity index (χ3v) is 8.11. The topological polar surface area (TPSA) is 0 Å². The van der Waals surface area contributed by atoms with Gasteiger partial charge >= 0.3 is 0 Å². The summed E-state index contributed by atoms with van der Waals surface area (Å²) in [6.07, 6.45) is 11.3. The molecule has 0 saturated heterocycles. The molecular formula is C32H37ClF2. The molecule has 3 heteroatoms. The summed E-state index contributed by atoms with van der Waals surface area (Å²) in [5.74, 6) is 0.659. The molecule has 0 aromatic heterocycles. The van der Waals surface area contributed by atoms with Gasteiger partial charge in [-0.1, -0.05) is 80.6 Å². The third kappa shape index (κ3) is 7.64. The summed E-state index contributed by atoms with van der Waals surface area (Å²) in [4.78, 5) is 0. The predicted molar refractivity (Wildman–Crippen MR) is 143 cm³/mol. The highest BCUT2D eigenvalue weighted by Crippen LogP contribution is 2.34. The Labute approximate surface area is 214 Å². The van der Waals surface area contributed by atoms with Crippen LogP contribution in [0.3, 0.4) is 0 Å². The molecule has 1 saturated carbocycles. The monoisotopic (exact) mass is 494 g/mol. The highest BCUT2D eigenvalue weighted by molar-refractivity contribution is 6.30. The fourth-order valence-electron chi connectivity index (χ4n) is 5.45. The van der Waals surface area contributed by atoms with Gasteiger partial charge in [0.1, 0.15) is 11.6 Å². The lowest BCUT2D eigenvalue weighted by molar-refractivity contribution is 0.253. The summed E-state index contributed by atoms with van der Waals surface area (Å²) in [7, 11) is 0. The van der Waals surface area contributed by atoms with Crippen molar-refractivity contribution in [3.05, 3.63) is 105 Å². The van der Waals surface area contributed by atoms with E-state index in [4.69, 9.17) is 11.6 Å². The normalized spacial score (nSPS) is 18.1. The van der Waals surface area contributed by atoms with Crippen LogP contribution in [0.2, 0.25) is 5.02 Å². The van der Waals surface area contributed by atoms with Crippen LogP contribution in [0, 0.1) is 23.5 Å².